The fourth-order valence-electron chi connectivity index (χ4n) is 1.71. The molecule has 7 nitrogen and oxygen atoms in total. The van der Waals surface area contributed by atoms with E-state index < -0.39 is 4.92 Å². The molecule has 0 radical (unpaired) electrons. The zero-order valence-corrected chi connectivity index (χ0v) is 12.4. The Morgan fingerprint density at radius 3 is 2.81 bits per heavy atom. The van der Waals surface area contributed by atoms with Crippen LogP contribution in [0.5, 0.6) is 5.75 Å². The van der Waals surface area contributed by atoms with Crippen LogP contribution in [0.15, 0.2) is 40.5 Å². The van der Waals surface area contributed by atoms with Crippen LogP contribution in [0.1, 0.15) is 6.92 Å². The molecule has 0 aliphatic heterocycles. The number of nitro groups is 1. The molecule has 1 N–H and O–H groups in total. The molecule has 0 spiro atoms. The summed E-state index contributed by atoms with van der Waals surface area (Å²) in [7, 11) is 1.52. The van der Waals surface area contributed by atoms with Gasteiger partial charge in [0.2, 0.25) is 0 Å². The largest absolute Gasteiger partial charge is 0.490 e. The van der Waals surface area contributed by atoms with Crippen LogP contribution >= 0.6 is 11.8 Å². The molecule has 2 rings (SSSR count). The molecule has 2 aromatic rings. The van der Waals surface area contributed by atoms with Crippen LogP contribution in [-0.4, -0.2) is 28.5 Å². The van der Waals surface area contributed by atoms with Gasteiger partial charge in [0.15, 0.2) is 11.6 Å². The molecule has 0 saturated heterocycles. The minimum atomic E-state index is -0.415. The van der Waals surface area contributed by atoms with Crippen LogP contribution in [0.2, 0.25) is 0 Å². The standard InChI is InChI=1S/C13H14N4O3S/c1-3-14-12-11(20-2)13(16-8-15-12)21-10-7-5-4-6-9(10)17(18)19/h4-8H,3H2,1-2H3,(H,14,15,16). The molecule has 0 fully saturated rings. The molecule has 0 aliphatic rings. The molecule has 0 aliphatic carbocycles. The number of ether oxygens (including phenoxy) is 1. The lowest BCUT2D eigenvalue weighted by Crippen LogP contribution is -2.04. The van der Waals surface area contributed by atoms with Gasteiger partial charge in [0, 0.05) is 12.6 Å². The Morgan fingerprint density at radius 1 is 1.38 bits per heavy atom. The van der Waals surface area contributed by atoms with Crippen molar-refractivity contribution in [2.75, 3.05) is 19.0 Å². The van der Waals surface area contributed by atoms with Gasteiger partial charge in [-0.15, -0.1) is 0 Å². The average Bonchev–Trinajstić information content (AvgIpc) is 2.48. The van der Waals surface area contributed by atoms with E-state index in [4.69, 9.17) is 4.74 Å². The number of anilines is 1. The van der Waals surface area contributed by atoms with Gasteiger partial charge in [-0.2, -0.15) is 0 Å². The summed E-state index contributed by atoms with van der Waals surface area (Å²) in [6.07, 6.45) is 1.40. The van der Waals surface area contributed by atoms with Crippen LogP contribution < -0.4 is 10.1 Å². The quantitative estimate of drug-likeness (QED) is 0.498. The first-order chi connectivity index (χ1) is 10.2. The number of hydrogen-bond acceptors (Lipinski definition) is 7. The highest BCUT2D eigenvalue weighted by Crippen LogP contribution is 2.39. The van der Waals surface area contributed by atoms with Crippen LogP contribution in [0.3, 0.4) is 0 Å². The third-order valence-electron chi connectivity index (χ3n) is 2.59. The van der Waals surface area contributed by atoms with Crippen LogP contribution in [0.25, 0.3) is 0 Å². The minimum Gasteiger partial charge on any atom is -0.490 e. The molecule has 8 heteroatoms. The Balaban J connectivity index is 2.40. The SMILES string of the molecule is CCNc1ncnc(Sc2ccccc2[N+](=O)[O-])c1OC. The lowest BCUT2D eigenvalue weighted by molar-refractivity contribution is -0.387. The predicted molar refractivity (Wildman–Crippen MR) is 80.0 cm³/mol. The third kappa shape index (κ3) is 3.40. The summed E-state index contributed by atoms with van der Waals surface area (Å²) in [5.41, 5.74) is 0.0353. The van der Waals surface area contributed by atoms with Crippen LogP contribution in [-0.2, 0) is 0 Å². The fraction of sp³-hybridized carbons (Fsp3) is 0.231. The topological polar surface area (TPSA) is 90.2 Å². The summed E-state index contributed by atoms with van der Waals surface area (Å²) >= 11 is 1.18. The van der Waals surface area contributed by atoms with Gasteiger partial charge in [0.05, 0.1) is 16.9 Å². The second-order valence-electron chi connectivity index (χ2n) is 3.92. The zero-order chi connectivity index (χ0) is 15.2. The first kappa shape index (κ1) is 15.0. The molecule has 1 aromatic heterocycles. The van der Waals surface area contributed by atoms with Crippen molar-refractivity contribution in [1.29, 1.82) is 0 Å². The predicted octanol–water partition coefficient (Wildman–Crippen LogP) is 2.98. The third-order valence-corrected chi connectivity index (χ3v) is 3.64. The Labute approximate surface area is 125 Å². The average molecular weight is 306 g/mol. The molecular formula is C13H14N4O3S. The first-order valence-electron chi connectivity index (χ1n) is 6.21. The van der Waals surface area contributed by atoms with Crippen LogP contribution in [0.4, 0.5) is 11.5 Å². The lowest BCUT2D eigenvalue weighted by Gasteiger charge is -2.11. The van der Waals surface area contributed by atoms with Crippen molar-refractivity contribution in [2.24, 2.45) is 0 Å². The van der Waals surface area contributed by atoms with Gasteiger partial charge >= 0.3 is 0 Å². The number of benzene rings is 1. The minimum absolute atomic E-state index is 0.0353. The summed E-state index contributed by atoms with van der Waals surface area (Å²) in [6, 6.07) is 6.51. The maximum atomic E-state index is 11.1. The van der Waals surface area contributed by atoms with Crippen molar-refractivity contribution in [3.63, 3.8) is 0 Å². The van der Waals surface area contributed by atoms with E-state index in [0.717, 1.165) is 0 Å². The smallest absolute Gasteiger partial charge is 0.283 e. The highest BCUT2D eigenvalue weighted by molar-refractivity contribution is 7.99. The van der Waals surface area contributed by atoms with Crippen molar-refractivity contribution in [1.82, 2.24) is 9.97 Å². The van der Waals surface area contributed by atoms with Crippen molar-refractivity contribution in [3.8, 4) is 5.75 Å². The van der Waals surface area contributed by atoms with Gasteiger partial charge in [-0.1, -0.05) is 23.9 Å². The number of hydrogen-bond donors (Lipinski definition) is 1. The van der Waals surface area contributed by atoms with E-state index in [0.29, 0.717) is 28.0 Å². The monoisotopic (exact) mass is 306 g/mol. The zero-order valence-electron chi connectivity index (χ0n) is 11.6. The molecule has 110 valence electrons. The molecule has 1 aromatic carbocycles. The molecule has 0 unspecified atom stereocenters. The number of rotatable bonds is 6. The van der Waals surface area contributed by atoms with Crippen molar-refractivity contribution < 1.29 is 9.66 Å². The second kappa shape index (κ2) is 6.89. The van der Waals surface area contributed by atoms with Crippen molar-refractivity contribution >= 4 is 23.3 Å². The summed E-state index contributed by atoms with van der Waals surface area (Å²) in [5.74, 6) is 1.04. The van der Waals surface area contributed by atoms with E-state index in [1.807, 2.05) is 6.92 Å². The van der Waals surface area contributed by atoms with Gasteiger partial charge in [-0.3, -0.25) is 10.1 Å². The van der Waals surface area contributed by atoms with E-state index in [1.165, 1.54) is 31.3 Å². The maximum Gasteiger partial charge on any atom is 0.283 e. The second-order valence-corrected chi connectivity index (χ2v) is 4.95. The van der Waals surface area contributed by atoms with E-state index >= 15 is 0 Å². The number of nitro benzene ring substituents is 1. The molecular weight excluding hydrogens is 292 g/mol. The molecule has 0 amide bonds. The normalized spacial score (nSPS) is 10.2. The van der Waals surface area contributed by atoms with E-state index in [-0.39, 0.29) is 5.69 Å². The van der Waals surface area contributed by atoms with Gasteiger partial charge in [-0.05, 0) is 13.0 Å². The number of methoxy groups -OCH3 is 1. The summed E-state index contributed by atoms with van der Waals surface area (Å²) < 4.78 is 5.32. The van der Waals surface area contributed by atoms with Gasteiger partial charge in [-0.25, -0.2) is 9.97 Å². The molecule has 0 atom stereocenters. The fourth-order valence-corrected chi connectivity index (χ4v) is 2.68. The number of nitrogens with one attached hydrogen (secondary N) is 1. The summed E-state index contributed by atoms with van der Waals surface area (Å²) in [4.78, 5) is 19.4. The lowest BCUT2D eigenvalue weighted by atomic mass is 10.3. The Morgan fingerprint density at radius 2 is 2.14 bits per heavy atom. The highest BCUT2D eigenvalue weighted by atomic mass is 32.2. The van der Waals surface area contributed by atoms with E-state index in [2.05, 4.69) is 15.3 Å². The van der Waals surface area contributed by atoms with E-state index in [9.17, 15) is 10.1 Å². The molecule has 0 saturated carbocycles. The Hall–Kier alpha value is -2.35. The van der Waals surface area contributed by atoms with Crippen molar-refractivity contribution in [2.45, 2.75) is 16.8 Å². The number of aromatic nitrogens is 2. The van der Waals surface area contributed by atoms with Crippen molar-refractivity contribution in [3.05, 3.63) is 40.7 Å². The first-order valence-corrected chi connectivity index (χ1v) is 7.03. The highest BCUT2D eigenvalue weighted by Gasteiger charge is 2.18. The summed E-state index contributed by atoms with van der Waals surface area (Å²) in [5, 5.41) is 14.6. The van der Waals surface area contributed by atoms with Gasteiger partial charge < -0.3 is 10.1 Å². The number of para-hydroxylation sites is 1. The summed E-state index contributed by atoms with van der Waals surface area (Å²) in [6.45, 7) is 2.62. The maximum absolute atomic E-state index is 11.1. The number of nitrogens with zero attached hydrogens (tertiary/aromatic N) is 3. The molecule has 0 bridgehead atoms. The van der Waals surface area contributed by atoms with Gasteiger partial charge in [0.25, 0.3) is 5.69 Å². The van der Waals surface area contributed by atoms with Gasteiger partial charge in [0.1, 0.15) is 11.4 Å². The Kier molecular flexibility index (Phi) is 4.94. The van der Waals surface area contributed by atoms with E-state index in [1.54, 1.807) is 18.2 Å². The van der Waals surface area contributed by atoms with Crippen LogP contribution in [0, 0.1) is 10.1 Å². The Bertz CT molecular complexity index is 651. The molecule has 21 heavy (non-hydrogen) atoms. The molecule has 1 heterocycles.